The van der Waals surface area contributed by atoms with Crippen molar-refractivity contribution in [3.8, 4) is 0 Å². The topological polar surface area (TPSA) is 275 Å². The molecule has 0 aliphatic rings. The normalized spacial score (nSPS) is 14.9. The standard InChI is InChI=1S/C35H60N8O9/c1-18(2)11-23(36)30(46)39-24(9-10-29(44)45)31(47)42-27(15-22-16-37-17-38-22)34(50)41-25(12-19(3)4)32(48)40-26(13-20(5)6)33(49)43-28(35(51)52)14-21(7)8/h16-21,23-28H,9-15,36H2,1-8H3,(H,37,38)(H,39,46)(H,40,48)(H,41,50)(H,42,47)(H,43,49)(H,44,45)(H,51,52)/t23-,24-,25-,26-,27-,28-/m0/s1. The zero-order chi connectivity index (χ0) is 39.7. The SMILES string of the molecule is CC(C)C[C@H](NC(=O)[C@H](CC(C)C)NC(=O)[C@H](CC(C)C)NC(=O)[C@H](Cc1cnc[nH]1)NC(=O)[C@H](CCC(=O)O)NC(=O)[C@@H](N)CC(C)C)C(=O)O. The molecule has 0 saturated heterocycles. The van der Waals surface area contributed by atoms with Gasteiger partial charge in [0, 0.05) is 24.7 Å². The van der Waals surface area contributed by atoms with Gasteiger partial charge in [-0.25, -0.2) is 9.78 Å². The van der Waals surface area contributed by atoms with Crippen molar-refractivity contribution in [2.45, 2.75) is 137 Å². The first-order valence-electron chi connectivity index (χ1n) is 17.9. The van der Waals surface area contributed by atoms with Gasteiger partial charge in [0.1, 0.15) is 30.2 Å². The van der Waals surface area contributed by atoms with Gasteiger partial charge in [-0.15, -0.1) is 0 Å². The average molecular weight is 737 g/mol. The van der Waals surface area contributed by atoms with E-state index in [0.717, 1.165) is 0 Å². The summed E-state index contributed by atoms with van der Waals surface area (Å²) in [6, 6.07) is -7.04. The number of carboxylic acids is 2. The maximum atomic E-state index is 13.9. The van der Waals surface area contributed by atoms with Crippen molar-refractivity contribution >= 4 is 41.5 Å². The Morgan fingerprint density at radius 2 is 1.02 bits per heavy atom. The fraction of sp³-hybridized carbons (Fsp3) is 0.714. The van der Waals surface area contributed by atoms with E-state index in [9.17, 15) is 43.8 Å². The Morgan fingerprint density at radius 3 is 1.44 bits per heavy atom. The molecule has 17 heteroatoms. The van der Waals surface area contributed by atoms with Crippen molar-refractivity contribution in [3.63, 3.8) is 0 Å². The monoisotopic (exact) mass is 736 g/mol. The van der Waals surface area contributed by atoms with Gasteiger partial charge in [-0.05, 0) is 55.8 Å². The predicted octanol–water partition coefficient (Wildman–Crippen LogP) is 0.837. The number of aromatic amines is 1. The smallest absolute Gasteiger partial charge is 0.326 e. The molecule has 1 heterocycles. The Morgan fingerprint density at radius 1 is 0.615 bits per heavy atom. The summed E-state index contributed by atoms with van der Waals surface area (Å²) in [4.78, 5) is 97.3. The van der Waals surface area contributed by atoms with Crippen LogP contribution in [-0.2, 0) is 40.0 Å². The number of hydrogen-bond donors (Lipinski definition) is 9. The minimum absolute atomic E-state index is 0.0217. The van der Waals surface area contributed by atoms with Gasteiger partial charge in [-0.3, -0.25) is 28.8 Å². The first-order chi connectivity index (χ1) is 24.2. The number of rotatable bonds is 24. The highest BCUT2D eigenvalue weighted by molar-refractivity contribution is 5.96. The van der Waals surface area contributed by atoms with E-state index in [4.69, 9.17) is 5.73 Å². The number of H-pyrrole nitrogens is 1. The van der Waals surface area contributed by atoms with Gasteiger partial charge in [0.2, 0.25) is 29.5 Å². The summed E-state index contributed by atoms with van der Waals surface area (Å²) in [5.41, 5.74) is 6.45. The van der Waals surface area contributed by atoms with Gasteiger partial charge in [-0.2, -0.15) is 0 Å². The molecule has 1 aromatic heterocycles. The Kier molecular flexibility index (Phi) is 19.6. The van der Waals surface area contributed by atoms with Crippen LogP contribution in [0.15, 0.2) is 12.5 Å². The second-order valence-electron chi connectivity index (χ2n) is 15.0. The summed E-state index contributed by atoms with van der Waals surface area (Å²) in [6.45, 7) is 14.7. The van der Waals surface area contributed by atoms with Gasteiger partial charge in [0.05, 0.1) is 12.4 Å². The molecule has 294 valence electrons. The molecule has 0 unspecified atom stereocenters. The summed E-state index contributed by atoms with van der Waals surface area (Å²) in [5, 5.41) is 32.0. The van der Waals surface area contributed by atoms with E-state index in [-0.39, 0.29) is 55.8 Å². The third kappa shape index (κ3) is 17.6. The minimum atomic E-state index is -1.34. The Balaban J connectivity index is 3.34. The lowest BCUT2D eigenvalue weighted by Gasteiger charge is -2.28. The molecule has 0 spiro atoms. The van der Waals surface area contributed by atoms with E-state index in [0.29, 0.717) is 12.1 Å². The molecule has 1 aromatic rings. The first kappa shape index (κ1) is 45.5. The number of imidazole rings is 1. The van der Waals surface area contributed by atoms with Crippen molar-refractivity contribution in [3.05, 3.63) is 18.2 Å². The van der Waals surface area contributed by atoms with Gasteiger partial charge in [-0.1, -0.05) is 55.4 Å². The molecule has 5 amide bonds. The molecular formula is C35H60N8O9. The second kappa shape index (κ2) is 22.4. The van der Waals surface area contributed by atoms with Crippen LogP contribution >= 0.6 is 0 Å². The third-order valence-corrected chi connectivity index (χ3v) is 7.96. The molecule has 0 aliphatic heterocycles. The van der Waals surface area contributed by atoms with E-state index < -0.39 is 84.1 Å². The number of carbonyl (C=O) groups excluding carboxylic acids is 5. The molecular weight excluding hydrogens is 676 g/mol. The van der Waals surface area contributed by atoms with E-state index >= 15 is 0 Å². The van der Waals surface area contributed by atoms with Crippen LogP contribution in [0.3, 0.4) is 0 Å². The lowest BCUT2D eigenvalue weighted by molar-refractivity contribution is -0.143. The zero-order valence-corrected chi connectivity index (χ0v) is 31.7. The summed E-state index contributed by atoms with van der Waals surface area (Å²) in [5.74, 6) is -6.12. The number of amides is 5. The summed E-state index contributed by atoms with van der Waals surface area (Å²) < 4.78 is 0. The molecule has 10 N–H and O–H groups in total. The van der Waals surface area contributed by atoms with Gasteiger partial charge < -0.3 is 47.5 Å². The maximum absolute atomic E-state index is 13.9. The molecule has 0 fully saturated rings. The molecule has 17 nitrogen and oxygen atoms in total. The number of hydrogen-bond acceptors (Lipinski definition) is 9. The van der Waals surface area contributed by atoms with Crippen molar-refractivity contribution in [2.75, 3.05) is 0 Å². The van der Waals surface area contributed by atoms with E-state index in [1.165, 1.54) is 12.5 Å². The Hall–Kier alpha value is -4.54. The fourth-order valence-electron chi connectivity index (χ4n) is 5.44. The first-order valence-corrected chi connectivity index (χ1v) is 17.9. The number of nitrogens with one attached hydrogen (secondary N) is 6. The lowest BCUT2D eigenvalue weighted by atomic mass is 9.98. The molecule has 6 atom stereocenters. The van der Waals surface area contributed by atoms with Gasteiger partial charge in [0.15, 0.2) is 0 Å². The van der Waals surface area contributed by atoms with E-state index in [1.54, 1.807) is 0 Å². The highest BCUT2D eigenvalue weighted by Gasteiger charge is 2.34. The largest absolute Gasteiger partial charge is 0.481 e. The summed E-state index contributed by atoms with van der Waals surface area (Å²) in [7, 11) is 0. The molecule has 0 radical (unpaired) electrons. The van der Waals surface area contributed by atoms with Crippen molar-refractivity contribution < 1.29 is 43.8 Å². The minimum Gasteiger partial charge on any atom is -0.481 e. The van der Waals surface area contributed by atoms with Crippen molar-refractivity contribution in [2.24, 2.45) is 29.4 Å². The number of aromatic nitrogens is 2. The van der Waals surface area contributed by atoms with Crippen LogP contribution in [-0.4, -0.2) is 97.9 Å². The van der Waals surface area contributed by atoms with Crippen LogP contribution in [0.4, 0.5) is 0 Å². The maximum Gasteiger partial charge on any atom is 0.326 e. The highest BCUT2D eigenvalue weighted by Crippen LogP contribution is 2.12. The average Bonchev–Trinajstić information content (AvgIpc) is 3.53. The van der Waals surface area contributed by atoms with Crippen LogP contribution in [0, 0.1) is 23.7 Å². The van der Waals surface area contributed by atoms with Crippen LogP contribution in [0.1, 0.15) is 99.6 Å². The van der Waals surface area contributed by atoms with Crippen LogP contribution in [0.5, 0.6) is 0 Å². The Bertz CT molecular complexity index is 1330. The van der Waals surface area contributed by atoms with E-state index in [2.05, 4.69) is 36.6 Å². The number of nitrogens with two attached hydrogens (primary N) is 1. The Labute approximate surface area is 305 Å². The van der Waals surface area contributed by atoms with Crippen LogP contribution < -0.4 is 32.3 Å². The molecule has 0 aliphatic carbocycles. The second-order valence-corrected chi connectivity index (χ2v) is 15.0. The molecule has 0 saturated carbocycles. The third-order valence-electron chi connectivity index (χ3n) is 7.96. The van der Waals surface area contributed by atoms with Gasteiger partial charge >= 0.3 is 11.9 Å². The van der Waals surface area contributed by atoms with Crippen LogP contribution in [0.25, 0.3) is 0 Å². The number of carbonyl (C=O) groups is 7. The predicted molar refractivity (Wildman–Crippen MR) is 192 cm³/mol. The summed E-state index contributed by atoms with van der Waals surface area (Å²) >= 11 is 0. The molecule has 1 rings (SSSR count). The molecule has 0 aromatic carbocycles. The van der Waals surface area contributed by atoms with Crippen molar-refractivity contribution in [1.82, 2.24) is 36.6 Å². The van der Waals surface area contributed by atoms with Crippen LogP contribution in [0.2, 0.25) is 0 Å². The molecule has 52 heavy (non-hydrogen) atoms. The number of aliphatic carboxylic acids is 2. The van der Waals surface area contributed by atoms with Crippen molar-refractivity contribution in [1.29, 1.82) is 0 Å². The number of nitrogens with zero attached hydrogens (tertiary/aromatic N) is 1. The fourth-order valence-corrected chi connectivity index (χ4v) is 5.44. The van der Waals surface area contributed by atoms with Gasteiger partial charge in [0.25, 0.3) is 0 Å². The van der Waals surface area contributed by atoms with E-state index in [1.807, 2.05) is 55.4 Å². The lowest BCUT2D eigenvalue weighted by Crippen LogP contribution is -2.60. The number of carboxylic acid groups (broad SMARTS) is 2. The molecule has 0 bridgehead atoms. The summed E-state index contributed by atoms with van der Waals surface area (Å²) in [6.07, 6.45) is 2.82. The quantitative estimate of drug-likeness (QED) is 0.0717. The highest BCUT2D eigenvalue weighted by atomic mass is 16.4. The zero-order valence-electron chi connectivity index (χ0n) is 31.7.